The second-order valence-electron chi connectivity index (χ2n) is 3.05. The Morgan fingerprint density at radius 3 is 2.67 bits per heavy atom. The molecule has 0 aromatic heterocycles. The van der Waals surface area contributed by atoms with Crippen LogP contribution in [0.4, 0.5) is 4.79 Å². The van der Waals surface area contributed by atoms with Gasteiger partial charge in [-0.25, -0.2) is 4.79 Å². The van der Waals surface area contributed by atoms with Crippen molar-refractivity contribution >= 4 is 23.5 Å². The zero-order valence-corrected chi connectivity index (χ0v) is 8.84. The fraction of sp³-hybridized carbons (Fsp3) is 0.200. The number of carbonyl (C=O) groups is 2. The van der Waals surface area contributed by atoms with Crippen LogP contribution >= 0.6 is 11.6 Å². The Kier molecular flexibility index (Phi) is 3.68. The Balaban J connectivity index is 2.74. The lowest BCUT2D eigenvalue weighted by Crippen LogP contribution is -2.27. The summed E-state index contributed by atoms with van der Waals surface area (Å²) in [5, 5.41) is 10.9. The van der Waals surface area contributed by atoms with Gasteiger partial charge in [-0.15, -0.1) is 0 Å². The van der Waals surface area contributed by atoms with Crippen molar-refractivity contribution in [3.05, 3.63) is 34.3 Å². The molecule has 0 radical (unpaired) electrons. The number of amides is 1. The zero-order chi connectivity index (χ0) is 11.4. The van der Waals surface area contributed by atoms with Crippen LogP contribution < -0.4 is 5.32 Å². The minimum Gasteiger partial charge on any atom is -0.465 e. The van der Waals surface area contributed by atoms with Crippen molar-refractivity contribution in [1.82, 2.24) is 5.32 Å². The molecular weight excluding hydrogens is 218 g/mol. The molecule has 1 amide bonds. The first-order valence-electron chi connectivity index (χ1n) is 4.27. The van der Waals surface area contributed by atoms with E-state index in [9.17, 15) is 9.59 Å². The molecule has 80 valence electrons. The number of hydrogen-bond acceptors (Lipinski definition) is 2. The van der Waals surface area contributed by atoms with Crippen molar-refractivity contribution in [1.29, 1.82) is 0 Å². The fourth-order valence-corrected chi connectivity index (χ4v) is 1.19. The number of halogens is 1. The van der Waals surface area contributed by atoms with E-state index in [1.165, 1.54) is 0 Å². The van der Waals surface area contributed by atoms with Crippen LogP contribution in [0.5, 0.6) is 0 Å². The van der Waals surface area contributed by atoms with Gasteiger partial charge in [-0.1, -0.05) is 11.6 Å². The maximum absolute atomic E-state index is 11.4. The van der Waals surface area contributed by atoms with E-state index in [1.54, 1.807) is 25.1 Å². The summed E-state index contributed by atoms with van der Waals surface area (Å²) >= 11 is 5.79. The third-order valence-corrected chi connectivity index (χ3v) is 2.30. The fourth-order valence-electron chi connectivity index (χ4n) is 1.08. The molecule has 0 heterocycles. The van der Waals surface area contributed by atoms with Crippen LogP contribution in [0.1, 0.15) is 15.9 Å². The van der Waals surface area contributed by atoms with E-state index in [4.69, 9.17) is 16.7 Å². The average molecular weight is 228 g/mol. The van der Waals surface area contributed by atoms with Crippen LogP contribution in [0.3, 0.4) is 0 Å². The number of carbonyl (C=O) groups excluding carboxylic acids is 1. The summed E-state index contributed by atoms with van der Waals surface area (Å²) in [5.74, 6) is -0.280. The van der Waals surface area contributed by atoms with E-state index in [0.29, 0.717) is 10.6 Å². The van der Waals surface area contributed by atoms with Gasteiger partial charge in [0, 0.05) is 10.6 Å². The second kappa shape index (κ2) is 4.79. The van der Waals surface area contributed by atoms with Crippen LogP contribution in [0, 0.1) is 6.92 Å². The molecule has 1 aromatic carbocycles. The Bertz CT molecular complexity index is 404. The molecule has 0 saturated carbocycles. The number of carboxylic acid groups (broad SMARTS) is 1. The Hall–Kier alpha value is -1.55. The monoisotopic (exact) mass is 227 g/mol. The number of nitrogens with one attached hydrogen (secondary N) is 1. The van der Waals surface area contributed by atoms with Crippen LogP contribution in [-0.4, -0.2) is 23.5 Å². The van der Waals surface area contributed by atoms with Gasteiger partial charge in [0.05, 0.1) is 6.54 Å². The molecule has 1 aromatic rings. The third kappa shape index (κ3) is 3.25. The van der Waals surface area contributed by atoms with Crippen LogP contribution in [0.25, 0.3) is 0 Å². The highest BCUT2D eigenvalue weighted by Gasteiger charge is 2.08. The summed E-state index contributed by atoms with van der Waals surface area (Å²) in [7, 11) is 0. The van der Waals surface area contributed by atoms with E-state index in [1.807, 2.05) is 5.32 Å². The molecule has 0 fully saturated rings. The van der Waals surface area contributed by atoms with Gasteiger partial charge < -0.3 is 10.4 Å². The SMILES string of the molecule is Cc1cc(C(=O)CNC(=O)O)ccc1Cl. The number of Topliss-reactive ketones (excluding diaryl/α,β-unsaturated/α-hetero) is 1. The lowest BCUT2D eigenvalue weighted by molar-refractivity contribution is 0.0987. The predicted octanol–water partition coefficient (Wildman–Crippen LogP) is 2.10. The first kappa shape index (κ1) is 11.5. The van der Waals surface area contributed by atoms with Gasteiger partial charge in [0.15, 0.2) is 5.78 Å². The van der Waals surface area contributed by atoms with E-state index >= 15 is 0 Å². The molecule has 5 heteroatoms. The Labute approximate surface area is 91.9 Å². The van der Waals surface area contributed by atoms with E-state index in [0.717, 1.165) is 5.56 Å². The normalized spacial score (nSPS) is 9.73. The van der Waals surface area contributed by atoms with Gasteiger partial charge in [0.2, 0.25) is 0 Å². The summed E-state index contributed by atoms with van der Waals surface area (Å²) < 4.78 is 0. The van der Waals surface area contributed by atoms with E-state index in [2.05, 4.69) is 0 Å². The van der Waals surface area contributed by atoms with E-state index < -0.39 is 6.09 Å². The van der Waals surface area contributed by atoms with Crippen LogP contribution in [0.2, 0.25) is 5.02 Å². The van der Waals surface area contributed by atoms with Crippen LogP contribution in [-0.2, 0) is 0 Å². The summed E-state index contributed by atoms with van der Waals surface area (Å²) in [6.45, 7) is 1.56. The molecule has 2 N–H and O–H groups in total. The summed E-state index contributed by atoms with van der Waals surface area (Å²) in [6.07, 6.45) is -1.21. The lowest BCUT2D eigenvalue weighted by atomic mass is 10.1. The quantitative estimate of drug-likeness (QED) is 0.777. The van der Waals surface area contributed by atoms with Gasteiger partial charge in [0.25, 0.3) is 0 Å². The minimum atomic E-state index is -1.21. The number of ketones is 1. The van der Waals surface area contributed by atoms with Crippen molar-refractivity contribution in [2.75, 3.05) is 6.54 Å². The summed E-state index contributed by atoms with van der Waals surface area (Å²) in [5.41, 5.74) is 1.24. The standard InChI is InChI=1S/C10H10ClNO3/c1-6-4-7(2-3-8(6)11)9(13)5-12-10(14)15/h2-4,12H,5H2,1H3,(H,14,15). The Morgan fingerprint density at radius 2 is 2.13 bits per heavy atom. The van der Waals surface area contributed by atoms with Gasteiger partial charge >= 0.3 is 6.09 Å². The molecule has 0 atom stereocenters. The zero-order valence-electron chi connectivity index (χ0n) is 8.08. The van der Waals surface area contributed by atoms with Crippen LogP contribution in [0.15, 0.2) is 18.2 Å². The molecule has 0 bridgehead atoms. The highest BCUT2D eigenvalue weighted by Crippen LogP contribution is 2.16. The van der Waals surface area contributed by atoms with Gasteiger partial charge in [-0.05, 0) is 30.7 Å². The van der Waals surface area contributed by atoms with Crippen molar-refractivity contribution in [3.8, 4) is 0 Å². The molecule has 15 heavy (non-hydrogen) atoms. The molecule has 0 aliphatic rings. The van der Waals surface area contributed by atoms with Crippen molar-refractivity contribution < 1.29 is 14.7 Å². The molecule has 0 saturated heterocycles. The molecule has 4 nitrogen and oxygen atoms in total. The highest BCUT2D eigenvalue weighted by atomic mass is 35.5. The molecule has 0 unspecified atom stereocenters. The van der Waals surface area contributed by atoms with Gasteiger partial charge in [-0.2, -0.15) is 0 Å². The minimum absolute atomic E-state index is 0.226. The predicted molar refractivity (Wildman–Crippen MR) is 56.5 cm³/mol. The van der Waals surface area contributed by atoms with Crippen molar-refractivity contribution in [2.45, 2.75) is 6.92 Å². The maximum atomic E-state index is 11.4. The third-order valence-electron chi connectivity index (χ3n) is 1.88. The van der Waals surface area contributed by atoms with Gasteiger partial charge in [-0.3, -0.25) is 4.79 Å². The maximum Gasteiger partial charge on any atom is 0.405 e. The number of aryl methyl sites for hydroxylation is 1. The number of rotatable bonds is 3. The average Bonchev–Trinajstić information content (AvgIpc) is 2.18. The molecule has 0 aliphatic heterocycles. The smallest absolute Gasteiger partial charge is 0.405 e. The number of hydrogen-bond donors (Lipinski definition) is 2. The first-order valence-corrected chi connectivity index (χ1v) is 4.64. The number of benzene rings is 1. The van der Waals surface area contributed by atoms with Gasteiger partial charge in [0.1, 0.15) is 0 Å². The molecule has 0 aliphatic carbocycles. The lowest BCUT2D eigenvalue weighted by Gasteiger charge is -2.03. The molecule has 0 spiro atoms. The topological polar surface area (TPSA) is 66.4 Å². The molecule has 1 rings (SSSR count). The summed E-state index contributed by atoms with van der Waals surface area (Å²) in [6, 6.07) is 4.82. The Morgan fingerprint density at radius 1 is 1.47 bits per heavy atom. The van der Waals surface area contributed by atoms with Crippen molar-refractivity contribution in [2.24, 2.45) is 0 Å². The highest BCUT2D eigenvalue weighted by molar-refractivity contribution is 6.31. The summed E-state index contributed by atoms with van der Waals surface area (Å²) in [4.78, 5) is 21.6. The second-order valence-corrected chi connectivity index (χ2v) is 3.45. The largest absolute Gasteiger partial charge is 0.465 e. The molecular formula is C10H10ClNO3. The van der Waals surface area contributed by atoms with Crippen molar-refractivity contribution in [3.63, 3.8) is 0 Å². The van der Waals surface area contributed by atoms with E-state index in [-0.39, 0.29) is 12.3 Å². The first-order chi connectivity index (χ1) is 7.00.